The Morgan fingerprint density at radius 3 is 2.33 bits per heavy atom. The number of carboxylic acid groups (broad SMARTS) is 1. The van der Waals surface area contributed by atoms with Crippen molar-refractivity contribution in [2.24, 2.45) is 5.92 Å². The molecule has 1 aliphatic heterocycles. The number of nitrogens with zero attached hydrogens (tertiary/aromatic N) is 3. The fraction of sp³-hybridized carbons (Fsp3) is 0.364. The van der Waals surface area contributed by atoms with Crippen LogP contribution >= 0.6 is 0 Å². The van der Waals surface area contributed by atoms with Crippen LogP contribution in [-0.2, 0) is 10.2 Å². The monoisotopic (exact) mass is 588 g/mol. The second-order valence-corrected chi connectivity index (χ2v) is 12.2. The van der Waals surface area contributed by atoms with E-state index >= 15 is 0 Å². The number of fused-ring (bicyclic) bond motifs is 1. The van der Waals surface area contributed by atoms with E-state index in [1.807, 2.05) is 0 Å². The number of aromatic nitrogens is 2. The molecule has 0 aliphatic carbocycles. The summed E-state index contributed by atoms with van der Waals surface area (Å²) in [5.41, 5.74) is 0.638. The Morgan fingerprint density at radius 1 is 1.07 bits per heavy atom. The Labute approximate surface area is 249 Å². The van der Waals surface area contributed by atoms with Crippen molar-refractivity contribution < 1.29 is 28.9 Å². The number of halogens is 1. The highest BCUT2D eigenvalue weighted by molar-refractivity contribution is 5.96. The van der Waals surface area contributed by atoms with Crippen molar-refractivity contribution >= 4 is 28.6 Å². The highest BCUT2D eigenvalue weighted by atomic mass is 19.1. The van der Waals surface area contributed by atoms with Crippen LogP contribution in [0.3, 0.4) is 0 Å². The van der Waals surface area contributed by atoms with Gasteiger partial charge < -0.3 is 25.2 Å². The predicted molar refractivity (Wildman–Crippen MR) is 162 cm³/mol. The first-order valence-corrected chi connectivity index (χ1v) is 14.4. The molecular weight excluding hydrogens is 551 g/mol. The first-order chi connectivity index (χ1) is 20.3. The van der Waals surface area contributed by atoms with Crippen LogP contribution in [0.4, 0.5) is 14.9 Å². The van der Waals surface area contributed by atoms with E-state index in [0.717, 1.165) is 0 Å². The first-order valence-electron chi connectivity index (χ1n) is 14.4. The van der Waals surface area contributed by atoms with Gasteiger partial charge in [-0.25, -0.2) is 13.9 Å². The van der Waals surface area contributed by atoms with Gasteiger partial charge in [-0.1, -0.05) is 26.0 Å². The number of anilines is 1. The average molecular weight is 589 g/mol. The molecule has 4 aromatic rings. The summed E-state index contributed by atoms with van der Waals surface area (Å²) in [6.45, 7) is 8.33. The summed E-state index contributed by atoms with van der Waals surface area (Å²) < 4.78 is 21.4. The van der Waals surface area contributed by atoms with Crippen LogP contribution in [0, 0.1) is 11.7 Å². The minimum atomic E-state index is -1.06. The van der Waals surface area contributed by atoms with Crippen molar-refractivity contribution in [3.05, 3.63) is 78.2 Å². The maximum absolute atomic E-state index is 13.5. The number of rotatable bonds is 8. The first kappa shape index (κ1) is 30.0. The summed E-state index contributed by atoms with van der Waals surface area (Å²) in [6, 6.07) is 16.0. The van der Waals surface area contributed by atoms with E-state index in [1.54, 1.807) is 66.0 Å². The van der Waals surface area contributed by atoms with E-state index < -0.39 is 17.0 Å². The Hall–Kier alpha value is -4.44. The lowest BCUT2D eigenvalue weighted by atomic mass is 9.84. The van der Waals surface area contributed by atoms with Gasteiger partial charge in [0.2, 0.25) is 0 Å². The molecule has 1 aliphatic rings. The van der Waals surface area contributed by atoms with E-state index in [-0.39, 0.29) is 11.8 Å². The lowest BCUT2D eigenvalue weighted by Gasteiger charge is -2.39. The molecule has 10 heteroatoms. The normalized spacial score (nSPS) is 15.1. The maximum Gasteiger partial charge on any atom is 0.321 e. The van der Waals surface area contributed by atoms with Gasteiger partial charge in [-0.3, -0.25) is 4.79 Å². The summed E-state index contributed by atoms with van der Waals surface area (Å²) in [7, 11) is 0. The van der Waals surface area contributed by atoms with Gasteiger partial charge in [0, 0.05) is 24.8 Å². The van der Waals surface area contributed by atoms with Gasteiger partial charge in [-0.15, -0.1) is 0 Å². The van der Waals surface area contributed by atoms with Gasteiger partial charge in [-0.2, -0.15) is 5.10 Å². The molecule has 0 saturated carbocycles. The molecule has 3 aromatic carbocycles. The van der Waals surface area contributed by atoms with E-state index in [4.69, 9.17) is 4.74 Å². The number of ether oxygens (including phenoxy) is 1. The fourth-order valence-corrected chi connectivity index (χ4v) is 5.52. The number of carbonyl (C=O) groups is 2. The molecule has 226 valence electrons. The zero-order valence-electron chi connectivity index (χ0n) is 24.8. The van der Waals surface area contributed by atoms with Gasteiger partial charge in [-0.05, 0) is 87.1 Å². The number of likely N-dealkylation sites (tertiary alicyclic amines) is 1. The van der Waals surface area contributed by atoms with Crippen LogP contribution in [-0.4, -0.2) is 55.6 Å². The molecule has 2 amide bonds. The van der Waals surface area contributed by atoms with Crippen LogP contribution in [0.2, 0.25) is 0 Å². The van der Waals surface area contributed by atoms with Crippen molar-refractivity contribution in [1.82, 2.24) is 14.7 Å². The molecule has 1 fully saturated rings. The molecule has 0 unspecified atom stereocenters. The van der Waals surface area contributed by atoms with E-state index in [1.165, 1.54) is 24.3 Å². The number of nitrogens with one attached hydrogen (secondary N) is 1. The molecule has 43 heavy (non-hydrogen) atoms. The SMILES string of the molecule is CC(C)CC1(O)CCN(C(=O)Nc2cc(Oc3ccc(F)cc3)c3cnn(-c4ccc(C(C)(C)C(=O)O)cc4)c3c2)CC1. The number of carbonyl (C=O) groups excluding carboxylic acids is 1. The molecule has 0 bridgehead atoms. The standard InChI is InChI=1S/C33H37FN4O5/c1-21(2)19-33(42)13-15-37(16-14-33)31(41)36-24-17-28-27(29(18-24)43-26-11-7-23(34)8-12-26)20-35-38(28)25-9-5-22(6-10-25)32(3,4)30(39)40/h5-12,17-18,20-21,42H,13-16,19H2,1-4H3,(H,36,41)(H,39,40). The summed E-state index contributed by atoms with van der Waals surface area (Å²) in [5.74, 6) is -0.117. The summed E-state index contributed by atoms with van der Waals surface area (Å²) >= 11 is 0. The summed E-state index contributed by atoms with van der Waals surface area (Å²) in [4.78, 5) is 26.7. The molecule has 1 saturated heterocycles. The number of amides is 2. The molecule has 0 spiro atoms. The van der Waals surface area contributed by atoms with E-state index in [9.17, 15) is 24.2 Å². The second kappa shape index (κ2) is 11.7. The van der Waals surface area contributed by atoms with Crippen molar-refractivity contribution in [2.45, 2.75) is 58.0 Å². The van der Waals surface area contributed by atoms with Crippen molar-refractivity contribution in [3.8, 4) is 17.2 Å². The number of hydrogen-bond acceptors (Lipinski definition) is 5. The van der Waals surface area contributed by atoms with Crippen molar-refractivity contribution in [1.29, 1.82) is 0 Å². The summed E-state index contributed by atoms with van der Waals surface area (Å²) in [6.07, 6.45) is 3.37. The van der Waals surface area contributed by atoms with E-state index in [0.29, 0.717) is 77.6 Å². The van der Waals surface area contributed by atoms with Crippen LogP contribution in [0.15, 0.2) is 66.9 Å². The maximum atomic E-state index is 13.5. The lowest BCUT2D eigenvalue weighted by molar-refractivity contribution is -0.142. The molecule has 3 N–H and O–H groups in total. The quantitative estimate of drug-likeness (QED) is 0.210. The van der Waals surface area contributed by atoms with Crippen LogP contribution in [0.25, 0.3) is 16.6 Å². The topological polar surface area (TPSA) is 117 Å². The van der Waals surface area contributed by atoms with Gasteiger partial charge in [0.15, 0.2) is 0 Å². The highest BCUT2D eigenvalue weighted by Gasteiger charge is 2.34. The molecule has 0 radical (unpaired) electrons. The Bertz CT molecular complexity index is 1620. The minimum absolute atomic E-state index is 0.287. The Balaban J connectivity index is 1.46. The number of aliphatic carboxylic acids is 1. The fourth-order valence-electron chi connectivity index (χ4n) is 5.52. The Morgan fingerprint density at radius 2 is 1.72 bits per heavy atom. The van der Waals surface area contributed by atoms with Gasteiger partial charge >= 0.3 is 12.0 Å². The number of benzene rings is 3. The third kappa shape index (κ3) is 6.49. The number of hydrogen-bond donors (Lipinski definition) is 3. The van der Waals surface area contributed by atoms with Crippen LogP contribution in [0.1, 0.15) is 52.5 Å². The molecular formula is C33H37FN4O5. The predicted octanol–water partition coefficient (Wildman–Crippen LogP) is 6.72. The third-order valence-electron chi connectivity index (χ3n) is 8.08. The number of aliphatic hydroxyl groups is 1. The highest BCUT2D eigenvalue weighted by Crippen LogP contribution is 2.36. The lowest BCUT2D eigenvalue weighted by Crippen LogP contribution is -2.48. The van der Waals surface area contributed by atoms with Crippen molar-refractivity contribution in [2.75, 3.05) is 18.4 Å². The van der Waals surface area contributed by atoms with Gasteiger partial charge in [0.25, 0.3) is 0 Å². The Kier molecular flexibility index (Phi) is 8.16. The summed E-state index contributed by atoms with van der Waals surface area (Å²) in [5, 5.41) is 28.7. The average Bonchev–Trinajstić information content (AvgIpc) is 3.38. The van der Waals surface area contributed by atoms with Crippen LogP contribution in [0.5, 0.6) is 11.5 Å². The molecule has 0 atom stereocenters. The smallest absolute Gasteiger partial charge is 0.321 e. The van der Waals surface area contributed by atoms with Gasteiger partial charge in [0.1, 0.15) is 17.3 Å². The number of carboxylic acids is 1. The molecule has 5 rings (SSSR count). The van der Waals surface area contributed by atoms with Crippen LogP contribution < -0.4 is 10.1 Å². The van der Waals surface area contributed by atoms with E-state index in [2.05, 4.69) is 24.3 Å². The minimum Gasteiger partial charge on any atom is -0.481 e. The molecule has 9 nitrogen and oxygen atoms in total. The molecule has 1 aromatic heterocycles. The zero-order chi connectivity index (χ0) is 30.9. The number of urea groups is 1. The molecule has 2 heterocycles. The third-order valence-corrected chi connectivity index (χ3v) is 8.08. The number of piperidine rings is 1. The second-order valence-electron chi connectivity index (χ2n) is 12.2. The van der Waals surface area contributed by atoms with Gasteiger partial charge in [0.05, 0.1) is 33.8 Å². The largest absolute Gasteiger partial charge is 0.481 e. The zero-order valence-corrected chi connectivity index (χ0v) is 24.8. The van der Waals surface area contributed by atoms with Crippen molar-refractivity contribution in [3.63, 3.8) is 0 Å².